The van der Waals surface area contributed by atoms with Gasteiger partial charge >= 0.3 is 0 Å². The van der Waals surface area contributed by atoms with Crippen LogP contribution in [0.4, 0.5) is 0 Å². The SMILES string of the molecule is CCCNC1(c2nc(C(C)(C)C)cs2)CCCC(C)C1. The Hall–Kier alpha value is -0.410. The summed E-state index contributed by atoms with van der Waals surface area (Å²) in [6.45, 7) is 12.5. The molecule has 0 bridgehead atoms. The number of aromatic nitrogens is 1. The molecule has 0 saturated heterocycles. The first-order chi connectivity index (χ1) is 9.37. The van der Waals surface area contributed by atoms with Crippen molar-refractivity contribution in [3.8, 4) is 0 Å². The minimum absolute atomic E-state index is 0.141. The fraction of sp³-hybridized carbons (Fsp3) is 0.824. The molecule has 0 amide bonds. The van der Waals surface area contributed by atoms with Crippen molar-refractivity contribution in [2.45, 2.75) is 77.7 Å². The highest BCUT2D eigenvalue weighted by atomic mass is 32.1. The fourth-order valence-electron chi connectivity index (χ4n) is 3.18. The maximum atomic E-state index is 5.02. The third-order valence-corrected chi connectivity index (χ3v) is 5.44. The largest absolute Gasteiger partial charge is 0.305 e. The van der Waals surface area contributed by atoms with Gasteiger partial charge in [-0.3, -0.25) is 0 Å². The van der Waals surface area contributed by atoms with Gasteiger partial charge in [0.1, 0.15) is 5.01 Å². The Kier molecular flexibility index (Phi) is 4.91. The van der Waals surface area contributed by atoms with Crippen LogP contribution < -0.4 is 5.32 Å². The van der Waals surface area contributed by atoms with Crippen molar-refractivity contribution in [1.29, 1.82) is 0 Å². The number of rotatable bonds is 4. The molecular formula is C17H30N2S. The van der Waals surface area contributed by atoms with E-state index in [1.54, 1.807) is 0 Å². The Balaban J connectivity index is 2.28. The number of nitrogens with zero attached hydrogens (tertiary/aromatic N) is 1. The van der Waals surface area contributed by atoms with Crippen LogP contribution in [0, 0.1) is 5.92 Å². The van der Waals surface area contributed by atoms with E-state index >= 15 is 0 Å². The Morgan fingerprint density at radius 2 is 2.20 bits per heavy atom. The normalized spacial score (nSPS) is 27.8. The van der Waals surface area contributed by atoms with E-state index in [2.05, 4.69) is 45.3 Å². The maximum absolute atomic E-state index is 5.02. The molecule has 114 valence electrons. The summed E-state index contributed by atoms with van der Waals surface area (Å²) in [6, 6.07) is 0. The number of hydrogen-bond acceptors (Lipinski definition) is 3. The van der Waals surface area contributed by atoms with Crippen molar-refractivity contribution in [1.82, 2.24) is 10.3 Å². The van der Waals surface area contributed by atoms with Crippen LogP contribution in [0.25, 0.3) is 0 Å². The van der Waals surface area contributed by atoms with Gasteiger partial charge in [-0.15, -0.1) is 11.3 Å². The molecule has 0 aliphatic heterocycles. The summed E-state index contributed by atoms with van der Waals surface area (Å²) in [7, 11) is 0. The van der Waals surface area contributed by atoms with Gasteiger partial charge in [0.2, 0.25) is 0 Å². The summed E-state index contributed by atoms with van der Waals surface area (Å²) in [5.74, 6) is 0.801. The van der Waals surface area contributed by atoms with E-state index in [0.29, 0.717) is 0 Å². The minimum Gasteiger partial charge on any atom is -0.305 e. The van der Waals surface area contributed by atoms with Gasteiger partial charge in [0.15, 0.2) is 0 Å². The summed E-state index contributed by atoms with van der Waals surface area (Å²) in [4.78, 5) is 5.02. The van der Waals surface area contributed by atoms with Crippen molar-refractivity contribution in [3.05, 3.63) is 16.1 Å². The Morgan fingerprint density at radius 1 is 1.45 bits per heavy atom. The average molecular weight is 295 g/mol. The smallest absolute Gasteiger partial charge is 0.113 e. The van der Waals surface area contributed by atoms with Crippen LogP contribution in [-0.2, 0) is 11.0 Å². The molecule has 1 aliphatic carbocycles. The monoisotopic (exact) mass is 294 g/mol. The predicted octanol–water partition coefficient (Wildman–Crippen LogP) is 4.85. The Morgan fingerprint density at radius 3 is 2.75 bits per heavy atom. The standard InChI is InChI=1S/C17H30N2S/c1-6-10-18-17(9-7-8-13(2)11-17)15-19-14(12-20-15)16(3,4)5/h12-13,18H,6-11H2,1-5H3. The average Bonchev–Trinajstić information content (AvgIpc) is 2.86. The molecule has 0 aromatic carbocycles. The zero-order chi connectivity index (χ0) is 14.8. The van der Waals surface area contributed by atoms with Gasteiger partial charge < -0.3 is 5.32 Å². The van der Waals surface area contributed by atoms with E-state index in [1.807, 2.05) is 11.3 Å². The topological polar surface area (TPSA) is 24.9 Å². The maximum Gasteiger partial charge on any atom is 0.113 e. The lowest BCUT2D eigenvalue weighted by Gasteiger charge is -2.39. The molecule has 0 spiro atoms. The van der Waals surface area contributed by atoms with Crippen molar-refractivity contribution in [2.75, 3.05) is 6.54 Å². The van der Waals surface area contributed by atoms with Crippen LogP contribution in [-0.4, -0.2) is 11.5 Å². The van der Waals surface area contributed by atoms with Gasteiger partial charge in [0, 0.05) is 10.8 Å². The van der Waals surface area contributed by atoms with Crippen LogP contribution >= 0.6 is 11.3 Å². The molecule has 2 rings (SSSR count). The molecule has 2 unspecified atom stereocenters. The molecule has 1 aliphatic rings. The molecule has 2 nitrogen and oxygen atoms in total. The Bertz CT molecular complexity index is 432. The van der Waals surface area contributed by atoms with Gasteiger partial charge in [-0.05, 0) is 31.7 Å². The molecule has 1 aromatic rings. The van der Waals surface area contributed by atoms with Crippen LogP contribution in [0.2, 0.25) is 0 Å². The molecule has 2 atom stereocenters. The summed E-state index contributed by atoms with van der Waals surface area (Å²) in [6.07, 6.45) is 6.36. The van der Waals surface area contributed by atoms with Gasteiger partial charge in [0.25, 0.3) is 0 Å². The number of nitrogens with one attached hydrogen (secondary N) is 1. The van der Waals surface area contributed by atoms with Gasteiger partial charge in [-0.2, -0.15) is 0 Å². The molecule has 1 heterocycles. The van der Waals surface area contributed by atoms with Crippen molar-refractivity contribution >= 4 is 11.3 Å². The van der Waals surface area contributed by atoms with Crippen molar-refractivity contribution < 1.29 is 0 Å². The lowest BCUT2D eigenvalue weighted by Crippen LogP contribution is -2.46. The van der Waals surface area contributed by atoms with E-state index in [0.717, 1.165) is 12.5 Å². The van der Waals surface area contributed by atoms with Gasteiger partial charge in [-0.1, -0.05) is 47.5 Å². The lowest BCUT2D eigenvalue weighted by atomic mass is 9.76. The molecule has 1 aromatic heterocycles. The zero-order valence-corrected chi connectivity index (χ0v) is 14.6. The summed E-state index contributed by atoms with van der Waals surface area (Å²) < 4.78 is 0. The van der Waals surface area contributed by atoms with Crippen LogP contribution in [0.5, 0.6) is 0 Å². The van der Waals surface area contributed by atoms with E-state index in [1.165, 1.54) is 42.8 Å². The zero-order valence-electron chi connectivity index (χ0n) is 13.8. The predicted molar refractivity (Wildman–Crippen MR) is 88.4 cm³/mol. The summed E-state index contributed by atoms with van der Waals surface area (Å²) >= 11 is 1.86. The molecule has 3 heteroatoms. The van der Waals surface area contributed by atoms with Gasteiger partial charge in [0.05, 0.1) is 11.2 Å². The van der Waals surface area contributed by atoms with E-state index in [4.69, 9.17) is 4.98 Å². The van der Waals surface area contributed by atoms with Crippen LogP contribution in [0.1, 0.15) is 77.4 Å². The number of thiazole rings is 1. The van der Waals surface area contributed by atoms with E-state index < -0.39 is 0 Å². The summed E-state index contributed by atoms with van der Waals surface area (Å²) in [5, 5.41) is 7.43. The highest BCUT2D eigenvalue weighted by Gasteiger charge is 2.39. The molecule has 0 radical (unpaired) electrons. The van der Waals surface area contributed by atoms with Crippen molar-refractivity contribution in [3.63, 3.8) is 0 Å². The van der Waals surface area contributed by atoms with E-state index in [9.17, 15) is 0 Å². The third kappa shape index (κ3) is 3.43. The Labute approximate surface area is 128 Å². The molecule has 1 fully saturated rings. The lowest BCUT2D eigenvalue weighted by molar-refractivity contribution is 0.187. The minimum atomic E-state index is 0.141. The molecule has 20 heavy (non-hydrogen) atoms. The van der Waals surface area contributed by atoms with Crippen LogP contribution in [0.15, 0.2) is 5.38 Å². The van der Waals surface area contributed by atoms with Crippen molar-refractivity contribution in [2.24, 2.45) is 5.92 Å². The van der Waals surface area contributed by atoms with E-state index in [-0.39, 0.29) is 11.0 Å². The quantitative estimate of drug-likeness (QED) is 0.859. The first kappa shape index (κ1) is 16.0. The second-order valence-corrected chi connectivity index (χ2v) is 8.36. The first-order valence-corrected chi connectivity index (χ1v) is 8.97. The second kappa shape index (κ2) is 6.15. The fourth-order valence-corrected chi connectivity index (χ4v) is 4.45. The third-order valence-electron chi connectivity index (χ3n) is 4.39. The highest BCUT2D eigenvalue weighted by molar-refractivity contribution is 7.09. The first-order valence-electron chi connectivity index (χ1n) is 8.09. The second-order valence-electron chi connectivity index (χ2n) is 7.50. The number of hydrogen-bond donors (Lipinski definition) is 1. The molecule has 1 saturated carbocycles. The van der Waals surface area contributed by atoms with Crippen LogP contribution in [0.3, 0.4) is 0 Å². The molecular weight excluding hydrogens is 264 g/mol. The summed E-state index contributed by atoms with van der Waals surface area (Å²) in [5.41, 5.74) is 1.54. The molecule has 1 N–H and O–H groups in total. The highest BCUT2D eigenvalue weighted by Crippen LogP contribution is 2.42. The van der Waals surface area contributed by atoms with Gasteiger partial charge in [-0.25, -0.2) is 4.98 Å².